The Morgan fingerprint density at radius 2 is 2.04 bits per heavy atom. The predicted molar refractivity (Wildman–Crippen MR) is 121 cm³/mol. The number of rotatable bonds is 8. The predicted octanol–water partition coefficient (Wildman–Crippen LogP) is 4.33. The molecular weight excluding hydrogens is 459 g/mol. The van der Waals surface area contributed by atoms with E-state index in [1.165, 1.54) is 0 Å². The standard InChI is InChI=1S/C19H28N4OS.HI/c1-5-20-19(22-12-18-23-16(13-25-18)14(2)3)21-10-11-24-17-9-7-6-8-15(17)4;/h6-9,13-14H,5,10-12H2,1-4H3,(H2,20,21,22);1H. The minimum Gasteiger partial charge on any atom is -0.491 e. The molecule has 2 aromatic rings. The van der Waals surface area contributed by atoms with E-state index in [-0.39, 0.29) is 24.0 Å². The molecule has 1 heterocycles. The molecule has 0 aliphatic heterocycles. The highest BCUT2D eigenvalue weighted by molar-refractivity contribution is 14.0. The smallest absolute Gasteiger partial charge is 0.191 e. The molecule has 0 saturated heterocycles. The van der Waals surface area contributed by atoms with Gasteiger partial charge >= 0.3 is 0 Å². The number of hydrogen-bond donors (Lipinski definition) is 2. The lowest BCUT2D eigenvalue weighted by atomic mass is 10.2. The molecule has 2 rings (SSSR count). The van der Waals surface area contributed by atoms with Gasteiger partial charge in [-0.1, -0.05) is 32.0 Å². The molecule has 144 valence electrons. The van der Waals surface area contributed by atoms with Gasteiger partial charge in [-0.2, -0.15) is 0 Å². The van der Waals surface area contributed by atoms with Crippen LogP contribution in [0.15, 0.2) is 34.6 Å². The Kier molecular flexibility index (Phi) is 10.6. The molecule has 0 aliphatic carbocycles. The quantitative estimate of drug-likeness (QED) is 0.252. The van der Waals surface area contributed by atoms with E-state index < -0.39 is 0 Å². The lowest BCUT2D eigenvalue weighted by molar-refractivity contribution is 0.320. The molecule has 0 amide bonds. The third-order valence-electron chi connectivity index (χ3n) is 3.62. The number of aliphatic imine (C=N–C) groups is 1. The van der Waals surface area contributed by atoms with Gasteiger partial charge in [0.1, 0.15) is 17.4 Å². The van der Waals surface area contributed by atoms with E-state index in [2.05, 4.69) is 46.8 Å². The zero-order chi connectivity index (χ0) is 18.1. The van der Waals surface area contributed by atoms with E-state index >= 15 is 0 Å². The van der Waals surface area contributed by atoms with Crippen molar-refractivity contribution < 1.29 is 4.74 Å². The maximum atomic E-state index is 5.80. The number of halogens is 1. The highest BCUT2D eigenvalue weighted by atomic mass is 127. The van der Waals surface area contributed by atoms with E-state index in [0.29, 0.717) is 25.6 Å². The summed E-state index contributed by atoms with van der Waals surface area (Å²) in [6, 6.07) is 8.04. The molecule has 0 unspecified atom stereocenters. The third kappa shape index (κ3) is 7.49. The summed E-state index contributed by atoms with van der Waals surface area (Å²) < 4.78 is 5.80. The van der Waals surface area contributed by atoms with Crippen molar-refractivity contribution in [2.75, 3.05) is 19.7 Å². The minimum absolute atomic E-state index is 0. The zero-order valence-corrected chi connectivity index (χ0v) is 19.1. The summed E-state index contributed by atoms with van der Waals surface area (Å²) in [7, 11) is 0. The van der Waals surface area contributed by atoms with Gasteiger partial charge in [0.2, 0.25) is 0 Å². The fourth-order valence-corrected chi connectivity index (χ4v) is 3.08. The fraction of sp³-hybridized carbons (Fsp3) is 0.474. The van der Waals surface area contributed by atoms with Crippen LogP contribution in [0.3, 0.4) is 0 Å². The van der Waals surface area contributed by atoms with Crippen LogP contribution in [-0.2, 0) is 6.54 Å². The first-order chi connectivity index (χ1) is 12.1. The second kappa shape index (κ2) is 12.1. The largest absolute Gasteiger partial charge is 0.491 e. The number of nitrogens with one attached hydrogen (secondary N) is 2. The van der Waals surface area contributed by atoms with E-state index in [4.69, 9.17) is 4.74 Å². The van der Waals surface area contributed by atoms with E-state index in [9.17, 15) is 0 Å². The Morgan fingerprint density at radius 3 is 2.69 bits per heavy atom. The van der Waals surface area contributed by atoms with E-state index in [0.717, 1.165) is 34.5 Å². The van der Waals surface area contributed by atoms with Gasteiger partial charge in [-0.25, -0.2) is 9.98 Å². The van der Waals surface area contributed by atoms with Crippen LogP contribution in [0.1, 0.15) is 43.0 Å². The van der Waals surface area contributed by atoms with Gasteiger partial charge < -0.3 is 15.4 Å². The summed E-state index contributed by atoms with van der Waals surface area (Å²) in [5.41, 5.74) is 2.28. The number of nitrogens with zero attached hydrogens (tertiary/aromatic N) is 2. The molecule has 0 atom stereocenters. The molecule has 0 fully saturated rings. The van der Waals surface area contributed by atoms with Crippen molar-refractivity contribution in [3.8, 4) is 5.75 Å². The zero-order valence-electron chi connectivity index (χ0n) is 15.9. The number of thiazole rings is 1. The SMILES string of the molecule is CCNC(=NCc1nc(C(C)C)cs1)NCCOc1ccccc1C.I. The maximum Gasteiger partial charge on any atom is 0.191 e. The molecule has 0 spiro atoms. The van der Waals surface area contributed by atoms with Crippen LogP contribution in [0.25, 0.3) is 0 Å². The number of hydrogen-bond acceptors (Lipinski definition) is 4. The van der Waals surface area contributed by atoms with Gasteiger partial charge in [0, 0.05) is 11.9 Å². The van der Waals surface area contributed by atoms with Gasteiger partial charge in [0.15, 0.2) is 5.96 Å². The van der Waals surface area contributed by atoms with Crippen LogP contribution in [0.2, 0.25) is 0 Å². The minimum atomic E-state index is 0. The molecule has 0 radical (unpaired) electrons. The lowest BCUT2D eigenvalue weighted by Crippen LogP contribution is -2.39. The first-order valence-corrected chi connectivity index (χ1v) is 9.63. The van der Waals surface area contributed by atoms with Crippen molar-refractivity contribution >= 4 is 41.3 Å². The van der Waals surface area contributed by atoms with Crippen LogP contribution >= 0.6 is 35.3 Å². The Hall–Kier alpha value is -1.35. The highest BCUT2D eigenvalue weighted by Gasteiger charge is 2.05. The van der Waals surface area contributed by atoms with Crippen LogP contribution in [0.4, 0.5) is 0 Å². The summed E-state index contributed by atoms with van der Waals surface area (Å²) >= 11 is 1.67. The first kappa shape index (κ1) is 22.7. The van der Waals surface area contributed by atoms with Crippen LogP contribution in [0, 0.1) is 6.92 Å². The van der Waals surface area contributed by atoms with Gasteiger partial charge in [0.05, 0.1) is 18.8 Å². The summed E-state index contributed by atoms with van der Waals surface area (Å²) in [5.74, 6) is 2.17. The van der Waals surface area contributed by atoms with Crippen molar-refractivity contribution in [2.24, 2.45) is 4.99 Å². The van der Waals surface area contributed by atoms with E-state index in [1.807, 2.05) is 31.2 Å². The first-order valence-electron chi connectivity index (χ1n) is 8.75. The number of benzene rings is 1. The Morgan fingerprint density at radius 1 is 1.27 bits per heavy atom. The number of guanidine groups is 1. The number of para-hydroxylation sites is 1. The Bertz CT molecular complexity index is 688. The second-order valence-electron chi connectivity index (χ2n) is 6.06. The normalized spacial score (nSPS) is 11.2. The number of ether oxygens (including phenoxy) is 1. The van der Waals surface area contributed by atoms with Gasteiger partial charge in [-0.3, -0.25) is 0 Å². The molecule has 0 aliphatic rings. The van der Waals surface area contributed by atoms with Crippen LogP contribution < -0.4 is 15.4 Å². The lowest BCUT2D eigenvalue weighted by Gasteiger charge is -2.12. The molecule has 5 nitrogen and oxygen atoms in total. The summed E-state index contributed by atoms with van der Waals surface area (Å²) in [6.07, 6.45) is 0. The maximum absolute atomic E-state index is 5.80. The highest BCUT2D eigenvalue weighted by Crippen LogP contribution is 2.18. The molecule has 1 aromatic carbocycles. The van der Waals surface area contributed by atoms with Crippen molar-refractivity contribution in [1.82, 2.24) is 15.6 Å². The van der Waals surface area contributed by atoms with Gasteiger partial charge in [0.25, 0.3) is 0 Å². The van der Waals surface area contributed by atoms with Gasteiger partial charge in [-0.15, -0.1) is 35.3 Å². The summed E-state index contributed by atoms with van der Waals surface area (Å²) in [5, 5.41) is 9.71. The number of aromatic nitrogens is 1. The molecule has 7 heteroatoms. The topological polar surface area (TPSA) is 58.5 Å². The fourth-order valence-electron chi connectivity index (χ4n) is 2.20. The van der Waals surface area contributed by atoms with Gasteiger partial charge in [-0.05, 0) is 31.4 Å². The molecule has 0 bridgehead atoms. The number of aryl methyl sites for hydroxylation is 1. The van der Waals surface area contributed by atoms with Crippen LogP contribution in [-0.4, -0.2) is 30.6 Å². The molecule has 1 aromatic heterocycles. The van der Waals surface area contributed by atoms with Crippen molar-refractivity contribution in [3.63, 3.8) is 0 Å². The average molecular weight is 488 g/mol. The van der Waals surface area contributed by atoms with Crippen molar-refractivity contribution in [1.29, 1.82) is 0 Å². The summed E-state index contributed by atoms with van der Waals surface area (Å²) in [4.78, 5) is 9.22. The average Bonchev–Trinajstić information content (AvgIpc) is 3.07. The summed E-state index contributed by atoms with van der Waals surface area (Å²) in [6.45, 7) is 11.1. The Labute approximate surface area is 177 Å². The van der Waals surface area contributed by atoms with Crippen molar-refractivity contribution in [2.45, 2.75) is 40.2 Å². The van der Waals surface area contributed by atoms with Crippen molar-refractivity contribution in [3.05, 3.63) is 45.9 Å². The third-order valence-corrected chi connectivity index (χ3v) is 4.48. The molecule has 26 heavy (non-hydrogen) atoms. The molecular formula is C19H29IN4OS. The second-order valence-corrected chi connectivity index (χ2v) is 7.00. The molecule has 2 N–H and O–H groups in total. The Balaban J connectivity index is 0.00000338. The monoisotopic (exact) mass is 488 g/mol. The molecule has 0 saturated carbocycles. The van der Waals surface area contributed by atoms with Crippen LogP contribution in [0.5, 0.6) is 5.75 Å². The van der Waals surface area contributed by atoms with E-state index in [1.54, 1.807) is 11.3 Å².